The SMILES string of the molecule is O=C(O)c1ccccc1.O=C(O)c1ccccc1.O=C(O)c1ccccc1.O=C(O)c1ccccc1.O=C(O)c1ccccc1.O=C(O)c1ccccc1.O=C(O)c1ccccc1.O=C(O)c1ccccc1.O=C(O)c1ccccc1.O=C(O)c1ccccc1.[NaH]. The van der Waals surface area contributed by atoms with Crippen LogP contribution in [-0.2, 0) is 0 Å². The van der Waals surface area contributed by atoms with Gasteiger partial charge in [0.05, 0.1) is 55.6 Å². The van der Waals surface area contributed by atoms with Gasteiger partial charge in [0.15, 0.2) is 0 Å². The van der Waals surface area contributed by atoms with Crippen LogP contribution in [0.15, 0.2) is 303 Å². The van der Waals surface area contributed by atoms with Crippen molar-refractivity contribution >= 4 is 89.3 Å². The van der Waals surface area contributed by atoms with E-state index in [2.05, 4.69) is 0 Å². The first kappa shape index (κ1) is 78.9. The molecule has 21 heteroatoms. The second kappa shape index (κ2) is 48.1. The van der Waals surface area contributed by atoms with E-state index in [0.29, 0.717) is 55.6 Å². The van der Waals surface area contributed by atoms with E-state index in [4.69, 9.17) is 51.1 Å². The molecule has 10 rings (SSSR count). The van der Waals surface area contributed by atoms with Crippen LogP contribution in [0.4, 0.5) is 0 Å². The van der Waals surface area contributed by atoms with Crippen LogP contribution >= 0.6 is 0 Å². The van der Waals surface area contributed by atoms with Crippen molar-refractivity contribution in [1.82, 2.24) is 0 Å². The van der Waals surface area contributed by atoms with Crippen LogP contribution < -0.4 is 0 Å². The Kier molecular flexibility index (Phi) is 41.7. The average Bonchev–Trinajstić information content (AvgIpc) is 3.62. The van der Waals surface area contributed by atoms with Gasteiger partial charge in [0, 0.05) is 0 Å². The number of carboxylic acid groups (broad SMARTS) is 10. The molecule has 0 atom stereocenters. The van der Waals surface area contributed by atoms with Crippen molar-refractivity contribution in [2.45, 2.75) is 0 Å². The minimum atomic E-state index is -0.879. The molecule has 0 aromatic heterocycles. The summed E-state index contributed by atoms with van der Waals surface area (Å²) in [5.41, 5.74) is 3.31. The Morgan fingerprint density at radius 2 is 0.187 bits per heavy atom. The molecule has 0 saturated carbocycles. The molecule has 0 saturated heterocycles. The fourth-order valence-electron chi connectivity index (χ4n) is 5.81. The third-order valence-electron chi connectivity index (χ3n) is 10.2. The second-order valence-corrected chi connectivity index (χ2v) is 16.7. The molecule has 10 N–H and O–H groups in total. The monoisotopic (exact) mass is 1240 g/mol. The molecule has 0 bridgehead atoms. The fraction of sp³-hybridized carbons (Fsp3) is 0. The summed E-state index contributed by atoms with van der Waals surface area (Å²) in [6.07, 6.45) is 0. The van der Waals surface area contributed by atoms with Crippen LogP contribution in [0, 0.1) is 0 Å². The van der Waals surface area contributed by atoms with E-state index in [9.17, 15) is 47.9 Å². The van der Waals surface area contributed by atoms with Gasteiger partial charge in [0.1, 0.15) is 0 Å². The van der Waals surface area contributed by atoms with E-state index in [1.807, 2.05) is 0 Å². The van der Waals surface area contributed by atoms with Crippen molar-refractivity contribution in [1.29, 1.82) is 0 Å². The van der Waals surface area contributed by atoms with Gasteiger partial charge >= 0.3 is 89.3 Å². The molecule has 0 aliphatic carbocycles. The predicted octanol–water partition coefficient (Wildman–Crippen LogP) is 13.2. The Bertz CT molecular complexity index is 2860. The van der Waals surface area contributed by atoms with Crippen molar-refractivity contribution < 1.29 is 99.0 Å². The maximum absolute atomic E-state index is 10.2. The van der Waals surface area contributed by atoms with Crippen molar-refractivity contribution in [3.8, 4) is 0 Å². The predicted molar refractivity (Wildman–Crippen MR) is 341 cm³/mol. The van der Waals surface area contributed by atoms with E-state index in [-0.39, 0.29) is 29.6 Å². The molecule has 0 heterocycles. The van der Waals surface area contributed by atoms with Crippen LogP contribution in [0.5, 0.6) is 0 Å². The summed E-state index contributed by atoms with van der Waals surface area (Å²) >= 11 is 0. The third kappa shape index (κ3) is 38.5. The van der Waals surface area contributed by atoms with Gasteiger partial charge in [0.2, 0.25) is 0 Å². The van der Waals surface area contributed by atoms with Gasteiger partial charge < -0.3 is 51.1 Å². The first-order chi connectivity index (χ1) is 43.0. The molecule has 0 spiro atoms. The molecule has 0 unspecified atom stereocenters. The zero-order valence-corrected chi connectivity index (χ0v) is 47.4. The molecule has 0 amide bonds. The van der Waals surface area contributed by atoms with Gasteiger partial charge in [0.25, 0.3) is 0 Å². The Labute approximate surface area is 544 Å². The first-order valence-corrected chi connectivity index (χ1v) is 25.9. The van der Waals surface area contributed by atoms with Gasteiger partial charge in [-0.2, -0.15) is 0 Å². The van der Waals surface area contributed by atoms with E-state index in [1.165, 1.54) is 0 Å². The van der Waals surface area contributed by atoms with Crippen LogP contribution in [-0.4, -0.2) is 140 Å². The summed E-state index contributed by atoms with van der Waals surface area (Å²) in [6, 6.07) is 83.0. The summed E-state index contributed by atoms with van der Waals surface area (Å²) in [5, 5.41) is 83.8. The van der Waals surface area contributed by atoms with E-state index >= 15 is 0 Å². The standard InChI is InChI=1S/10C7H6O2.Na.H/c10*8-7(9)6-4-2-1-3-5-6;;/h10*1-5H,(H,8,9);;. The molecule has 0 aliphatic rings. The van der Waals surface area contributed by atoms with E-state index < -0.39 is 59.7 Å². The summed E-state index contributed by atoms with van der Waals surface area (Å²) in [5.74, 6) is -8.79. The second-order valence-electron chi connectivity index (χ2n) is 16.7. The first-order valence-electron chi connectivity index (χ1n) is 25.9. The molecule has 0 fully saturated rings. The molecule has 10 aromatic rings. The number of carboxylic acids is 10. The van der Waals surface area contributed by atoms with Gasteiger partial charge in [-0.25, -0.2) is 47.9 Å². The molecule has 91 heavy (non-hydrogen) atoms. The summed E-state index contributed by atoms with van der Waals surface area (Å²) in [7, 11) is 0. The van der Waals surface area contributed by atoms with Gasteiger partial charge in [-0.05, 0) is 121 Å². The zero-order valence-electron chi connectivity index (χ0n) is 47.4. The van der Waals surface area contributed by atoms with E-state index in [0.717, 1.165) is 0 Å². The third-order valence-corrected chi connectivity index (χ3v) is 10.2. The van der Waals surface area contributed by atoms with Crippen molar-refractivity contribution in [2.75, 3.05) is 0 Å². The van der Waals surface area contributed by atoms with Gasteiger partial charge in [-0.1, -0.05) is 182 Å². The number of benzene rings is 10. The van der Waals surface area contributed by atoms with E-state index in [1.54, 1.807) is 303 Å². The van der Waals surface area contributed by atoms with Crippen molar-refractivity contribution in [3.05, 3.63) is 359 Å². The normalized spacial score (nSPS) is 8.79. The van der Waals surface area contributed by atoms with Crippen molar-refractivity contribution in [2.24, 2.45) is 0 Å². The Morgan fingerprint density at radius 3 is 0.220 bits per heavy atom. The summed E-state index contributed by atoms with van der Waals surface area (Å²) in [4.78, 5) is 102. The number of hydrogen-bond acceptors (Lipinski definition) is 10. The van der Waals surface area contributed by atoms with Crippen LogP contribution in [0.3, 0.4) is 0 Å². The Morgan fingerprint density at radius 1 is 0.132 bits per heavy atom. The molecular weight excluding hydrogens is 1180 g/mol. The Hall–Kier alpha value is -12.1. The Balaban J connectivity index is 0.000000988. The molecule has 0 aliphatic heterocycles. The number of aromatic carboxylic acids is 10. The minimum absolute atomic E-state index is 0. The van der Waals surface area contributed by atoms with Crippen LogP contribution in [0.1, 0.15) is 104 Å². The van der Waals surface area contributed by atoms with Crippen LogP contribution in [0.2, 0.25) is 0 Å². The van der Waals surface area contributed by atoms with Gasteiger partial charge in [-0.15, -0.1) is 0 Å². The maximum atomic E-state index is 10.2. The quantitative estimate of drug-likeness (QED) is 0.0569. The molecule has 10 aromatic carbocycles. The molecular formula is C70H61NaO20. The fourth-order valence-corrected chi connectivity index (χ4v) is 5.81. The summed E-state index contributed by atoms with van der Waals surface area (Å²) < 4.78 is 0. The van der Waals surface area contributed by atoms with Crippen LogP contribution in [0.25, 0.3) is 0 Å². The molecule has 462 valence electrons. The number of carbonyl (C=O) groups is 10. The zero-order chi connectivity index (χ0) is 66.9. The van der Waals surface area contributed by atoms with Gasteiger partial charge in [-0.3, -0.25) is 0 Å². The number of rotatable bonds is 10. The summed E-state index contributed by atoms with van der Waals surface area (Å²) in [6.45, 7) is 0. The topological polar surface area (TPSA) is 373 Å². The number of hydrogen-bond donors (Lipinski definition) is 10. The average molecular weight is 1250 g/mol. The molecule has 20 nitrogen and oxygen atoms in total. The van der Waals surface area contributed by atoms with Crippen molar-refractivity contribution in [3.63, 3.8) is 0 Å². The molecule has 0 radical (unpaired) electrons.